The van der Waals surface area contributed by atoms with Crippen molar-refractivity contribution in [2.45, 2.75) is 18.8 Å². The Bertz CT molecular complexity index is 659. The maximum Gasteiger partial charge on any atom is 0.00510 e. The lowest BCUT2D eigenvalue weighted by molar-refractivity contribution is 0.298. The van der Waals surface area contributed by atoms with Crippen molar-refractivity contribution in [3.05, 3.63) is 77.4 Å². The van der Waals surface area contributed by atoms with E-state index in [9.17, 15) is 0 Å². The van der Waals surface area contributed by atoms with E-state index in [1.165, 1.54) is 49.2 Å². The molecular weight excluding hydrogens is 266 g/mol. The van der Waals surface area contributed by atoms with Crippen molar-refractivity contribution < 1.29 is 0 Å². The summed E-state index contributed by atoms with van der Waals surface area (Å²) in [7, 11) is 0. The van der Waals surface area contributed by atoms with E-state index in [2.05, 4.69) is 71.6 Å². The van der Waals surface area contributed by atoms with Gasteiger partial charge < -0.3 is 4.90 Å². The zero-order chi connectivity index (χ0) is 14.8. The van der Waals surface area contributed by atoms with Gasteiger partial charge in [0.1, 0.15) is 0 Å². The fourth-order valence-electron chi connectivity index (χ4n) is 3.93. The predicted molar refractivity (Wildman–Crippen MR) is 92.9 cm³/mol. The van der Waals surface area contributed by atoms with Crippen molar-refractivity contribution in [2.75, 3.05) is 19.6 Å². The standard InChI is InChI=1S/C21H23N/c1-2-6-18(7-3-1)21-12-13-22(16-21)15-17-10-11-19-8-4-5-9-20(19)14-17/h1-11,17,21H,12-16H2. The maximum absolute atomic E-state index is 2.65. The highest BCUT2D eigenvalue weighted by molar-refractivity contribution is 5.56. The van der Waals surface area contributed by atoms with Crippen LogP contribution in [0.15, 0.2) is 60.7 Å². The molecule has 0 spiro atoms. The highest BCUT2D eigenvalue weighted by atomic mass is 15.1. The highest BCUT2D eigenvalue weighted by Gasteiger charge is 2.25. The minimum absolute atomic E-state index is 0.671. The van der Waals surface area contributed by atoms with Crippen molar-refractivity contribution in [1.82, 2.24) is 4.90 Å². The van der Waals surface area contributed by atoms with Gasteiger partial charge in [-0.3, -0.25) is 0 Å². The molecule has 0 aromatic heterocycles. The average molecular weight is 289 g/mol. The van der Waals surface area contributed by atoms with E-state index in [1.54, 1.807) is 0 Å². The van der Waals surface area contributed by atoms with Crippen molar-refractivity contribution in [3.8, 4) is 0 Å². The lowest BCUT2D eigenvalue weighted by Crippen LogP contribution is -2.28. The number of benzene rings is 2. The Kier molecular flexibility index (Phi) is 3.82. The number of hydrogen-bond acceptors (Lipinski definition) is 1. The van der Waals surface area contributed by atoms with Gasteiger partial charge in [-0.2, -0.15) is 0 Å². The quantitative estimate of drug-likeness (QED) is 0.811. The molecule has 112 valence electrons. The summed E-state index contributed by atoms with van der Waals surface area (Å²) >= 11 is 0. The monoisotopic (exact) mass is 289 g/mol. The van der Waals surface area contributed by atoms with Crippen LogP contribution in [0.5, 0.6) is 0 Å². The molecule has 0 radical (unpaired) electrons. The van der Waals surface area contributed by atoms with Crippen molar-refractivity contribution in [1.29, 1.82) is 0 Å². The van der Waals surface area contributed by atoms with Crippen molar-refractivity contribution in [2.24, 2.45) is 5.92 Å². The molecule has 1 saturated heterocycles. The Balaban J connectivity index is 1.38. The normalized spacial score (nSPS) is 24.4. The molecule has 0 bridgehead atoms. The molecular formula is C21H23N. The van der Waals surface area contributed by atoms with Crippen LogP contribution in [-0.4, -0.2) is 24.5 Å². The molecule has 22 heavy (non-hydrogen) atoms. The molecule has 2 aromatic rings. The fraction of sp³-hybridized carbons (Fsp3) is 0.333. The molecule has 4 rings (SSSR count). The smallest absolute Gasteiger partial charge is 0.00510 e. The number of rotatable bonds is 3. The Hall–Kier alpha value is -1.86. The van der Waals surface area contributed by atoms with Gasteiger partial charge in [0.05, 0.1) is 0 Å². The Morgan fingerprint density at radius 1 is 0.955 bits per heavy atom. The molecule has 2 aromatic carbocycles. The average Bonchev–Trinajstić information content (AvgIpc) is 3.04. The van der Waals surface area contributed by atoms with Crippen molar-refractivity contribution >= 4 is 6.08 Å². The second kappa shape index (κ2) is 6.10. The minimum Gasteiger partial charge on any atom is -0.302 e. The van der Waals surface area contributed by atoms with E-state index in [0.29, 0.717) is 5.92 Å². The molecule has 0 amide bonds. The van der Waals surface area contributed by atoms with Crippen molar-refractivity contribution in [3.63, 3.8) is 0 Å². The first kappa shape index (κ1) is 13.8. The summed E-state index contributed by atoms with van der Waals surface area (Å²) in [5.74, 6) is 1.39. The summed E-state index contributed by atoms with van der Waals surface area (Å²) in [6.07, 6.45) is 7.22. The van der Waals surface area contributed by atoms with Crippen LogP contribution in [0, 0.1) is 5.92 Å². The van der Waals surface area contributed by atoms with E-state index in [0.717, 1.165) is 5.92 Å². The molecule has 1 heteroatoms. The van der Waals surface area contributed by atoms with Crippen LogP contribution in [0.4, 0.5) is 0 Å². The SMILES string of the molecule is C1=CC(CN2CCC(c3ccccc3)C2)Cc2ccccc21. The van der Waals surface area contributed by atoms with Crippen LogP contribution < -0.4 is 0 Å². The van der Waals surface area contributed by atoms with E-state index < -0.39 is 0 Å². The van der Waals surface area contributed by atoms with Gasteiger partial charge in [-0.25, -0.2) is 0 Å². The lowest BCUT2D eigenvalue weighted by atomic mass is 9.89. The first-order valence-electron chi connectivity index (χ1n) is 8.42. The molecule has 2 atom stereocenters. The molecule has 2 aliphatic rings. The van der Waals surface area contributed by atoms with Gasteiger partial charge in [0, 0.05) is 13.1 Å². The largest absolute Gasteiger partial charge is 0.302 e. The van der Waals surface area contributed by atoms with Crippen LogP contribution in [0.1, 0.15) is 29.0 Å². The van der Waals surface area contributed by atoms with Gasteiger partial charge in [-0.15, -0.1) is 0 Å². The minimum atomic E-state index is 0.671. The zero-order valence-corrected chi connectivity index (χ0v) is 13.0. The Morgan fingerprint density at radius 2 is 1.77 bits per heavy atom. The highest BCUT2D eigenvalue weighted by Crippen LogP contribution is 2.29. The van der Waals surface area contributed by atoms with E-state index in [1.807, 2.05) is 0 Å². The molecule has 0 saturated carbocycles. The third-order valence-electron chi connectivity index (χ3n) is 5.12. The fourth-order valence-corrected chi connectivity index (χ4v) is 3.93. The van der Waals surface area contributed by atoms with Crippen LogP contribution in [-0.2, 0) is 6.42 Å². The second-order valence-corrected chi connectivity index (χ2v) is 6.68. The summed E-state index contributed by atoms with van der Waals surface area (Å²) in [6, 6.07) is 19.8. The van der Waals surface area contributed by atoms with Gasteiger partial charge in [0.2, 0.25) is 0 Å². The third kappa shape index (κ3) is 2.86. The van der Waals surface area contributed by atoms with Gasteiger partial charge in [0.25, 0.3) is 0 Å². The Labute approximate surface area is 133 Å². The summed E-state index contributed by atoms with van der Waals surface area (Å²) in [6.45, 7) is 3.66. The topological polar surface area (TPSA) is 3.24 Å². The number of hydrogen-bond donors (Lipinski definition) is 0. The summed E-state index contributed by atoms with van der Waals surface area (Å²) in [5.41, 5.74) is 4.42. The molecule has 1 aliphatic carbocycles. The molecule has 1 fully saturated rings. The lowest BCUT2D eigenvalue weighted by Gasteiger charge is -2.25. The van der Waals surface area contributed by atoms with E-state index in [4.69, 9.17) is 0 Å². The van der Waals surface area contributed by atoms with Crippen LogP contribution in [0.25, 0.3) is 6.08 Å². The van der Waals surface area contributed by atoms with Gasteiger partial charge in [-0.05, 0) is 47.9 Å². The summed E-state index contributed by atoms with van der Waals surface area (Å²) in [4.78, 5) is 2.65. The van der Waals surface area contributed by atoms with Gasteiger partial charge in [-0.1, -0.05) is 66.7 Å². The zero-order valence-electron chi connectivity index (χ0n) is 13.0. The summed E-state index contributed by atoms with van der Waals surface area (Å²) < 4.78 is 0. The first-order chi connectivity index (χ1) is 10.9. The molecule has 1 heterocycles. The number of fused-ring (bicyclic) bond motifs is 1. The molecule has 1 aliphatic heterocycles. The summed E-state index contributed by atoms with van der Waals surface area (Å²) in [5, 5.41) is 0. The van der Waals surface area contributed by atoms with Gasteiger partial charge in [0.15, 0.2) is 0 Å². The Morgan fingerprint density at radius 3 is 2.68 bits per heavy atom. The number of nitrogens with zero attached hydrogens (tertiary/aromatic N) is 1. The first-order valence-corrected chi connectivity index (χ1v) is 8.42. The second-order valence-electron chi connectivity index (χ2n) is 6.68. The van der Waals surface area contributed by atoms with E-state index in [-0.39, 0.29) is 0 Å². The third-order valence-corrected chi connectivity index (χ3v) is 5.12. The van der Waals surface area contributed by atoms with Crippen LogP contribution in [0.3, 0.4) is 0 Å². The maximum atomic E-state index is 2.65. The molecule has 2 unspecified atom stereocenters. The van der Waals surface area contributed by atoms with E-state index >= 15 is 0 Å². The predicted octanol–water partition coefficient (Wildman–Crippen LogP) is 4.36. The molecule has 1 nitrogen and oxygen atoms in total. The van der Waals surface area contributed by atoms with Gasteiger partial charge >= 0.3 is 0 Å². The van der Waals surface area contributed by atoms with Crippen LogP contribution in [0.2, 0.25) is 0 Å². The van der Waals surface area contributed by atoms with Crippen LogP contribution >= 0.6 is 0 Å². The number of likely N-dealkylation sites (tertiary alicyclic amines) is 1. The molecule has 0 N–H and O–H groups in total.